The predicted molar refractivity (Wildman–Crippen MR) is 92.7 cm³/mol. The van der Waals surface area contributed by atoms with E-state index in [1.165, 1.54) is 0 Å². The van der Waals surface area contributed by atoms with Gasteiger partial charge in [0.2, 0.25) is 10.0 Å². The maximum Gasteiger partial charge on any atom is 0.243 e. The van der Waals surface area contributed by atoms with E-state index in [4.69, 9.17) is 0 Å². The second-order valence-electron chi connectivity index (χ2n) is 5.97. The van der Waals surface area contributed by atoms with Gasteiger partial charge >= 0.3 is 0 Å². The molecule has 5 heteroatoms. The van der Waals surface area contributed by atoms with E-state index in [-0.39, 0.29) is 0 Å². The smallest absolute Gasteiger partial charge is 0.243 e. The van der Waals surface area contributed by atoms with Crippen molar-refractivity contribution in [2.45, 2.75) is 11.3 Å². The third-order valence-electron chi connectivity index (χ3n) is 4.34. The van der Waals surface area contributed by atoms with Gasteiger partial charge in [-0.1, -0.05) is 42.5 Å². The second-order valence-corrected chi connectivity index (χ2v) is 7.90. The molecule has 1 atom stereocenters. The highest BCUT2D eigenvalue weighted by Crippen LogP contribution is 2.26. The van der Waals surface area contributed by atoms with Crippen molar-refractivity contribution in [3.63, 3.8) is 0 Å². The summed E-state index contributed by atoms with van der Waals surface area (Å²) in [6.45, 7) is 2.07. The van der Waals surface area contributed by atoms with Crippen LogP contribution in [0.2, 0.25) is 0 Å². The highest BCUT2D eigenvalue weighted by Gasteiger charge is 2.32. The van der Waals surface area contributed by atoms with E-state index in [0.29, 0.717) is 23.9 Å². The molecule has 0 amide bonds. The molecule has 122 valence electrons. The molecule has 0 bridgehead atoms. The Morgan fingerprint density at radius 1 is 1.04 bits per heavy atom. The molecule has 1 saturated heterocycles. The molecule has 2 aromatic rings. The molecule has 23 heavy (non-hydrogen) atoms. The fourth-order valence-electron chi connectivity index (χ4n) is 3.07. The summed E-state index contributed by atoms with van der Waals surface area (Å²) >= 11 is 0. The normalized spacial score (nSPS) is 19.1. The van der Waals surface area contributed by atoms with Gasteiger partial charge < -0.3 is 5.32 Å². The van der Waals surface area contributed by atoms with E-state index >= 15 is 0 Å². The van der Waals surface area contributed by atoms with Crippen molar-refractivity contribution >= 4 is 10.0 Å². The molecule has 0 aromatic heterocycles. The van der Waals surface area contributed by atoms with Gasteiger partial charge in [0, 0.05) is 13.1 Å². The lowest BCUT2D eigenvalue weighted by Crippen LogP contribution is -2.30. The van der Waals surface area contributed by atoms with Crippen LogP contribution in [0.3, 0.4) is 0 Å². The molecule has 3 rings (SSSR count). The largest absolute Gasteiger partial charge is 0.319 e. The van der Waals surface area contributed by atoms with Crippen LogP contribution in [0, 0.1) is 5.92 Å². The molecule has 1 N–H and O–H groups in total. The van der Waals surface area contributed by atoms with E-state index in [1.807, 2.05) is 49.5 Å². The molecule has 1 fully saturated rings. The molecule has 1 heterocycles. The zero-order valence-corrected chi connectivity index (χ0v) is 14.1. The molecule has 2 aromatic carbocycles. The summed E-state index contributed by atoms with van der Waals surface area (Å²) in [5, 5.41) is 3.13. The van der Waals surface area contributed by atoms with E-state index in [1.54, 1.807) is 16.4 Å². The van der Waals surface area contributed by atoms with E-state index < -0.39 is 10.0 Å². The number of hydrogen-bond acceptors (Lipinski definition) is 3. The first-order chi connectivity index (χ1) is 11.1. The summed E-state index contributed by atoms with van der Waals surface area (Å²) in [6.07, 6.45) is 0.919. The number of nitrogens with one attached hydrogen (secondary N) is 1. The molecule has 0 radical (unpaired) electrons. The number of rotatable bonds is 5. The summed E-state index contributed by atoms with van der Waals surface area (Å²) in [5.74, 6) is 0.401. The van der Waals surface area contributed by atoms with Crippen LogP contribution in [0.5, 0.6) is 0 Å². The van der Waals surface area contributed by atoms with Crippen molar-refractivity contribution in [3.8, 4) is 11.1 Å². The summed E-state index contributed by atoms with van der Waals surface area (Å²) in [4.78, 5) is 0.377. The van der Waals surface area contributed by atoms with Crippen LogP contribution in [0.25, 0.3) is 11.1 Å². The maximum absolute atomic E-state index is 12.7. The van der Waals surface area contributed by atoms with Gasteiger partial charge in [0.05, 0.1) is 4.90 Å². The average molecular weight is 330 g/mol. The van der Waals surface area contributed by atoms with Gasteiger partial charge in [-0.25, -0.2) is 8.42 Å². The highest BCUT2D eigenvalue weighted by atomic mass is 32.2. The molecule has 1 unspecified atom stereocenters. The van der Waals surface area contributed by atoms with Crippen molar-refractivity contribution in [2.75, 3.05) is 26.7 Å². The Kier molecular flexibility index (Phi) is 4.80. The van der Waals surface area contributed by atoms with Crippen molar-refractivity contribution in [2.24, 2.45) is 5.92 Å². The zero-order valence-electron chi connectivity index (χ0n) is 13.3. The minimum absolute atomic E-state index is 0.377. The van der Waals surface area contributed by atoms with Crippen LogP contribution in [0.1, 0.15) is 6.42 Å². The second kappa shape index (κ2) is 6.83. The molecule has 0 aliphatic carbocycles. The third-order valence-corrected chi connectivity index (χ3v) is 6.22. The first-order valence-corrected chi connectivity index (χ1v) is 9.35. The van der Waals surface area contributed by atoms with Crippen molar-refractivity contribution in [1.29, 1.82) is 0 Å². The Bertz CT molecular complexity index is 742. The highest BCUT2D eigenvalue weighted by molar-refractivity contribution is 7.89. The quantitative estimate of drug-likeness (QED) is 0.917. The van der Waals surface area contributed by atoms with E-state index in [2.05, 4.69) is 5.32 Å². The van der Waals surface area contributed by atoms with Gasteiger partial charge in [0.25, 0.3) is 0 Å². The van der Waals surface area contributed by atoms with E-state index in [9.17, 15) is 8.42 Å². The van der Waals surface area contributed by atoms with Crippen molar-refractivity contribution < 1.29 is 8.42 Å². The Morgan fingerprint density at radius 3 is 2.35 bits per heavy atom. The van der Waals surface area contributed by atoms with Gasteiger partial charge in [0.15, 0.2) is 0 Å². The first-order valence-electron chi connectivity index (χ1n) is 7.91. The fourth-order valence-corrected chi connectivity index (χ4v) is 4.60. The lowest BCUT2D eigenvalue weighted by atomic mass is 10.1. The summed E-state index contributed by atoms with van der Waals surface area (Å²) < 4.78 is 27.1. The number of benzene rings is 2. The molecule has 4 nitrogen and oxygen atoms in total. The topological polar surface area (TPSA) is 49.4 Å². The lowest BCUT2D eigenvalue weighted by Gasteiger charge is -2.17. The molecule has 1 aliphatic heterocycles. The molecule has 0 saturated carbocycles. The van der Waals surface area contributed by atoms with Gasteiger partial charge in [-0.05, 0) is 49.2 Å². The molecular weight excluding hydrogens is 308 g/mol. The predicted octanol–water partition coefficient (Wildman–Crippen LogP) is 2.58. The summed E-state index contributed by atoms with van der Waals surface area (Å²) in [6, 6.07) is 17.1. The minimum Gasteiger partial charge on any atom is -0.319 e. The number of sulfonamides is 1. The standard InChI is InChI=1S/C18H22N2O2S/c1-19-13-15-11-12-20(14-15)23(21,22)18-9-7-17(8-10-18)16-5-3-2-4-6-16/h2-10,15,19H,11-14H2,1H3. The Morgan fingerprint density at radius 2 is 1.70 bits per heavy atom. The molecule has 1 aliphatic rings. The first kappa shape index (κ1) is 16.2. The SMILES string of the molecule is CNCC1CCN(S(=O)(=O)c2ccc(-c3ccccc3)cc2)C1. The van der Waals surface area contributed by atoms with Crippen LogP contribution in [0.4, 0.5) is 0 Å². The summed E-state index contributed by atoms with van der Waals surface area (Å²) in [5.41, 5.74) is 2.12. The monoisotopic (exact) mass is 330 g/mol. The molecular formula is C18H22N2O2S. The van der Waals surface area contributed by atoms with E-state index in [0.717, 1.165) is 24.1 Å². The minimum atomic E-state index is -3.38. The number of nitrogens with zero attached hydrogens (tertiary/aromatic N) is 1. The van der Waals surface area contributed by atoms with Crippen LogP contribution in [-0.2, 0) is 10.0 Å². The zero-order chi connectivity index (χ0) is 16.3. The lowest BCUT2D eigenvalue weighted by molar-refractivity contribution is 0.451. The van der Waals surface area contributed by atoms with Crippen LogP contribution >= 0.6 is 0 Å². The van der Waals surface area contributed by atoms with Gasteiger partial charge in [-0.2, -0.15) is 4.31 Å². The summed E-state index contributed by atoms with van der Waals surface area (Å²) in [7, 11) is -1.48. The van der Waals surface area contributed by atoms with Crippen molar-refractivity contribution in [3.05, 3.63) is 54.6 Å². The average Bonchev–Trinajstić information content (AvgIpc) is 3.06. The number of hydrogen-bond donors (Lipinski definition) is 1. The fraction of sp³-hybridized carbons (Fsp3) is 0.333. The molecule has 0 spiro atoms. The van der Waals surface area contributed by atoms with Crippen molar-refractivity contribution in [1.82, 2.24) is 9.62 Å². The van der Waals surface area contributed by atoms with Crippen LogP contribution in [0.15, 0.2) is 59.5 Å². The van der Waals surface area contributed by atoms with Gasteiger partial charge in [-0.15, -0.1) is 0 Å². The van der Waals surface area contributed by atoms with Crippen LogP contribution in [-0.4, -0.2) is 39.4 Å². The van der Waals surface area contributed by atoms with Crippen LogP contribution < -0.4 is 5.32 Å². The Hall–Kier alpha value is -1.69. The maximum atomic E-state index is 12.7. The van der Waals surface area contributed by atoms with Gasteiger partial charge in [-0.3, -0.25) is 0 Å². The Balaban J connectivity index is 1.79. The van der Waals surface area contributed by atoms with Gasteiger partial charge in [0.1, 0.15) is 0 Å². The Labute approximate surface area is 138 Å². The third kappa shape index (κ3) is 3.47.